The van der Waals surface area contributed by atoms with Crippen LogP contribution in [0.15, 0.2) is 36.5 Å². The highest BCUT2D eigenvalue weighted by Crippen LogP contribution is 2.13. The third kappa shape index (κ3) is 3.30. The maximum Gasteiger partial charge on any atom is 0.118 e. The quantitative estimate of drug-likeness (QED) is 0.461. The molecule has 1 fully saturated rings. The average Bonchev–Trinajstić information content (AvgIpc) is 2.89. The van der Waals surface area contributed by atoms with Crippen LogP contribution < -0.4 is 4.74 Å². The molecule has 1 saturated heterocycles. The Morgan fingerprint density at radius 1 is 1.24 bits per heavy atom. The normalized spacial score (nSPS) is 15.5. The van der Waals surface area contributed by atoms with Gasteiger partial charge in [-0.15, -0.1) is 0 Å². The molecule has 1 aromatic rings. The van der Waals surface area contributed by atoms with Gasteiger partial charge in [0.25, 0.3) is 0 Å². The number of allylic oxidation sites excluding steroid dienone is 1. The highest BCUT2D eigenvalue weighted by atomic mass is 32.1. The number of hydrogen-bond acceptors (Lipinski definition) is 3. The third-order valence-electron chi connectivity index (χ3n) is 2.95. The van der Waals surface area contributed by atoms with E-state index in [2.05, 4.69) is 11.1 Å². The Hall–Kier alpha value is -1.35. The lowest BCUT2D eigenvalue weighted by atomic mass is 10.1. The number of rotatable bonds is 4. The summed E-state index contributed by atoms with van der Waals surface area (Å²) < 4.78 is 5.12. The number of methoxy groups -OCH3 is 1. The second kappa shape index (κ2) is 5.82. The van der Waals surface area contributed by atoms with Crippen molar-refractivity contribution in [2.75, 3.05) is 20.2 Å². The van der Waals surface area contributed by atoms with E-state index < -0.39 is 0 Å². The van der Waals surface area contributed by atoms with Crippen LogP contribution in [0, 0.1) is 0 Å². The Bertz CT molecular complexity index is 405. The zero-order chi connectivity index (χ0) is 12.1. The molecule has 17 heavy (non-hydrogen) atoms. The molecular formula is C14H17NOS. The standard InChI is InChI=1S/C14H17NOS/c1-16-13-6-4-12(5-7-13)14(17)8-11-15-9-2-3-10-15/h4-8,11H,2-3,9-10H2,1H3/b11-8+. The predicted octanol–water partition coefficient (Wildman–Crippen LogP) is 3.02. The SMILES string of the molecule is COc1ccc(C(=S)/C=C/N2CCCC2)cc1. The zero-order valence-electron chi connectivity index (χ0n) is 10.1. The first-order valence-corrected chi connectivity index (χ1v) is 6.31. The van der Waals surface area contributed by atoms with Gasteiger partial charge in [-0.2, -0.15) is 0 Å². The van der Waals surface area contributed by atoms with Crippen LogP contribution in [0.5, 0.6) is 5.75 Å². The molecule has 1 aromatic carbocycles. The van der Waals surface area contributed by atoms with Gasteiger partial charge in [0.05, 0.1) is 7.11 Å². The molecule has 90 valence electrons. The topological polar surface area (TPSA) is 12.5 Å². The van der Waals surface area contributed by atoms with E-state index in [9.17, 15) is 0 Å². The lowest BCUT2D eigenvalue weighted by molar-refractivity contribution is 0.415. The van der Waals surface area contributed by atoms with Crippen molar-refractivity contribution in [1.82, 2.24) is 4.90 Å². The molecule has 0 aromatic heterocycles. The Kier molecular flexibility index (Phi) is 4.15. The number of benzene rings is 1. The molecule has 1 aliphatic rings. The van der Waals surface area contributed by atoms with Gasteiger partial charge in [-0.3, -0.25) is 0 Å². The fourth-order valence-electron chi connectivity index (χ4n) is 1.92. The maximum absolute atomic E-state index is 5.38. The van der Waals surface area contributed by atoms with E-state index in [1.807, 2.05) is 30.3 Å². The van der Waals surface area contributed by atoms with E-state index >= 15 is 0 Å². The first-order valence-electron chi connectivity index (χ1n) is 5.90. The second-order valence-corrected chi connectivity index (χ2v) is 4.59. The van der Waals surface area contributed by atoms with Crippen molar-refractivity contribution in [3.8, 4) is 5.75 Å². The third-order valence-corrected chi connectivity index (χ3v) is 3.32. The summed E-state index contributed by atoms with van der Waals surface area (Å²) in [4.78, 5) is 3.19. The van der Waals surface area contributed by atoms with Crippen molar-refractivity contribution in [2.45, 2.75) is 12.8 Å². The molecule has 0 aliphatic carbocycles. The van der Waals surface area contributed by atoms with Crippen molar-refractivity contribution in [1.29, 1.82) is 0 Å². The molecule has 1 aliphatic heterocycles. The van der Waals surface area contributed by atoms with Gasteiger partial charge in [-0.1, -0.05) is 12.2 Å². The summed E-state index contributed by atoms with van der Waals surface area (Å²) >= 11 is 5.38. The summed E-state index contributed by atoms with van der Waals surface area (Å²) in [5.41, 5.74) is 1.07. The molecule has 1 heterocycles. The Balaban J connectivity index is 1.98. The van der Waals surface area contributed by atoms with Gasteiger partial charge in [0.2, 0.25) is 0 Å². The molecule has 2 nitrogen and oxygen atoms in total. The number of likely N-dealkylation sites (tertiary alicyclic amines) is 1. The van der Waals surface area contributed by atoms with Gasteiger partial charge >= 0.3 is 0 Å². The first-order chi connectivity index (χ1) is 8.29. The van der Waals surface area contributed by atoms with E-state index in [1.165, 1.54) is 12.8 Å². The zero-order valence-corrected chi connectivity index (χ0v) is 10.9. The molecule has 2 rings (SSSR count). The Morgan fingerprint density at radius 3 is 2.47 bits per heavy atom. The molecule has 0 atom stereocenters. The van der Waals surface area contributed by atoms with Gasteiger partial charge < -0.3 is 9.64 Å². The summed E-state index contributed by atoms with van der Waals surface area (Å²) in [6, 6.07) is 7.86. The maximum atomic E-state index is 5.38. The van der Waals surface area contributed by atoms with Gasteiger partial charge in [0.1, 0.15) is 5.75 Å². The second-order valence-electron chi connectivity index (χ2n) is 4.15. The molecule has 0 bridgehead atoms. The van der Waals surface area contributed by atoms with E-state index in [1.54, 1.807) is 7.11 Å². The molecule has 0 spiro atoms. The summed E-state index contributed by atoms with van der Waals surface area (Å²) in [5.74, 6) is 0.861. The van der Waals surface area contributed by atoms with E-state index in [-0.39, 0.29) is 0 Å². The summed E-state index contributed by atoms with van der Waals surface area (Å²) in [6.07, 6.45) is 6.71. The first kappa shape index (κ1) is 12.1. The van der Waals surface area contributed by atoms with Gasteiger partial charge in [-0.05, 0) is 48.7 Å². The smallest absolute Gasteiger partial charge is 0.118 e. The van der Waals surface area contributed by atoms with Crippen LogP contribution in [0.4, 0.5) is 0 Å². The van der Waals surface area contributed by atoms with Crippen LogP contribution in [-0.2, 0) is 0 Å². The number of nitrogens with zero attached hydrogens (tertiary/aromatic N) is 1. The van der Waals surface area contributed by atoms with Crippen LogP contribution in [0.3, 0.4) is 0 Å². The summed E-state index contributed by atoms with van der Waals surface area (Å²) in [5, 5.41) is 0. The van der Waals surface area contributed by atoms with Crippen molar-refractivity contribution in [3.63, 3.8) is 0 Å². The van der Waals surface area contributed by atoms with Crippen molar-refractivity contribution in [2.24, 2.45) is 0 Å². The monoisotopic (exact) mass is 247 g/mol. The summed E-state index contributed by atoms with van der Waals surface area (Å²) in [7, 11) is 1.67. The number of thiocarbonyl (C=S) groups is 1. The van der Waals surface area contributed by atoms with Crippen LogP contribution in [-0.4, -0.2) is 30.0 Å². The van der Waals surface area contributed by atoms with Crippen LogP contribution in [0.2, 0.25) is 0 Å². The van der Waals surface area contributed by atoms with Crippen molar-refractivity contribution >= 4 is 17.1 Å². The van der Waals surface area contributed by atoms with Gasteiger partial charge in [0.15, 0.2) is 0 Å². The highest BCUT2D eigenvalue weighted by Gasteiger charge is 2.06. The van der Waals surface area contributed by atoms with Crippen molar-refractivity contribution in [3.05, 3.63) is 42.1 Å². The lowest BCUT2D eigenvalue weighted by Crippen LogP contribution is -2.11. The average molecular weight is 247 g/mol. The molecule has 0 N–H and O–H groups in total. The van der Waals surface area contributed by atoms with E-state index in [0.29, 0.717) is 0 Å². The Labute approximate surface area is 108 Å². The minimum Gasteiger partial charge on any atom is -0.497 e. The largest absolute Gasteiger partial charge is 0.497 e. The van der Waals surface area contributed by atoms with Crippen LogP contribution in [0.25, 0.3) is 0 Å². The van der Waals surface area contributed by atoms with E-state index in [0.717, 1.165) is 29.3 Å². The fourth-order valence-corrected chi connectivity index (χ4v) is 2.11. The van der Waals surface area contributed by atoms with Crippen LogP contribution >= 0.6 is 12.2 Å². The van der Waals surface area contributed by atoms with Crippen LogP contribution in [0.1, 0.15) is 18.4 Å². The lowest BCUT2D eigenvalue weighted by Gasteiger charge is -2.10. The fraction of sp³-hybridized carbons (Fsp3) is 0.357. The number of hydrogen-bond donors (Lipinski definition) is 0. The molecular weight excluding hydrogens is 230 g/mol. The number of ether oxygens (including phenoxy) is 1. The minimum atomic E-state index is 0.861. The molecule has 3 heteroatoms. The minimum absolute atomic E-state index is 0.861. The Morgan fingerprint density at radius 2 is 1.88 bits per heavy atom. The van der Waals surface area contributed by atoms with E-state index in [4.69, 9.17) is 17.0 Å². The predicted molar refractivity (Wildman–Crippen MR) is 74.6 cm³/mol. The molecule has 0 saturated carbocycles. The highest BCUT2D eigenvalue weighted by molar-refractivity contribution is 7.81. The molecule has 0 radical (unpaired) electrons. The van der Waals surface area contributed by atoms with Gasteiger partial charge in [0, 0.05) is 24.2 Å². The molecule has 0 amide bonds. The van der Waals surface area contributed by atoms with Crippen molar-refractivity contribution < 1.29 is 4.74 Å². The summed E-state index contributed by atoms with van der Waals surface area (Å²) in [6.45, 7) is 2.31. The van der Waals surface area contributed by atoms with Gasteiger partial charge in [-0.25, -0.2) is 0 Å². The molecule has 0 unspecified atom stereocenters.